The predicted molar refractivity (Wildman–Crippen MR) is 175 cm³/mol. The number of rotatable bonds is 14. The second-order valence-electron chi connectivity index (χ2n) is 12.9. The molecule has 0 spiro atoms. The lowest BCUT2D eigenvalue weighted by Gasteiger charge is -2.46. The maximum Gasteiger partial charge on any atom is 0.243 e. The van der Waals surface area contributed by atoms with Gasteiger partial charge >= 0.3 is 0 Å². The quantitative estimate of drug-likeness (QED) is 0.317. The highest BCUT2D eigenvalue weighted by Crippen LogP contribution is 2.34. The number of unbranched alkanes of at least 4 members (excludes halogenated alkanes) is 1. The molecule has 0 bridgehead atoms. The summed E-state index contributed by atoms with van der Waals surface area (Å²) in [4.78, 5) is 14.4. The van der Waals surface area contributed by atoms with Crippen molar-refractivity contribution in [1.82, 2.24) is 24.1 Å². The van der Waals surface area contributed by atoms with Gasteiger partial charge < -0.3 is 25.0 Å². The highest BCUT2D eigenvalue weighted by Gasteiger charge is 2.37. The van der Waals surface area contributed by atoms with E-state index in [4.69, 9.17) is 15.2 Å². The molecule has 2 fully saturated rings. The molecule has 0 radical (unpaired) electrons. The number of aryl methyl sites for hydroxylation is 2. The number of ether oxygens (including phenoxy) is 2. The molecule has 44 heavy (non-hydrogen) atoms. The van der Waals surface area contributed by atoms with E-state index in [-0.39, 0.29) is 18.7 Å². The summed E-state index contributed by atoms with van der Waals surface area (Å²) in [5, 5.41) is 0. The van der Waals surface area contributed by atoms with Gasteiger partial charge in [0.1, 0.15) is 18.2 Å². The third kappa shape index (κ3) is 8.09. The maximum atomic E-state index is 13.9. The molecule has 10 nitrogen and oxygen atoms in total. The summed E-state index contributed by atoms with van der Waals surface area (Å²) in [7, 11) is 2.31. The molecule has 1 aromatic heterocycles. The van der Waals surface area contributed by atoms with Crippen LogP contribution < -0.4 is 15.2 Å². The smallest absolute Gasteiger partial charge is 0.243 e. The second-order valence-corrected chi connectivity index (χ2v) is 14.7. The molecule has 246 valence electrons. The Morgan fingerprint density at radius 1 is 1.14 bits per heavy atom. The molecule has 3 heterocycles. The first-order valence-corrected chi connectivity index (χ1v) is 17.7. The monoisotopic (exact) mass is 630 g/mol. The first-order valence-electron chi connectivity index (χ1n) is 16.3. The molecule has 0 saturated carbocycles. The van der Waals surface area contributed by atoms with Gasteiger partial charge in [-0.05, 0) is 103 Å². The number of methoxy groups -OCH3 is 1. The SMILES string of the molecule is CCCCC1(N(C)C)CCN(CCC(N)c2nccc(OCC3CCCCN3S(=O)(=O)c3c(C)cc(OC)cc3C)n2)CC1. The van der Waals surface area contributed by atoms with Gasteiger partial charge in [-0.2, -0.15) is 9.29 Å². The van der Waals surface area contributed by atoms with Crippen LogP contribution in [0.15, 0.2) is 29.3 Å². The number of piperidine rings is 2. The van der Waals surface area contributed by atoms with Gasteiger partial charge in [-0.3, -0.25) is 0 Å². The van der Waals surface area contributed by atoms with Crippen LogP contribution in [0.2, 0.25) is 0 Å². The molecule has 2 saturated heterocycles. The van der Waals surface area contributed by atoms with Gasteiger partial charge in [-0.25, -0.2) is 13.4 Å². The fourth-order valence-corrected chi connectivity index (χ4v) is 8.97. The number of aromatic nitrogens is 2. The van der Waals surface area contributed by atoms with Crippen molar-refractivity contribution >= 4 is 10.0 Å². The third-order valence-corrected chi connectivity index (χ3v) is 12.0. The van der Waals surface area contributed by atoms with Gasteiger partial charge in [-0.1, -0.05) is 26.2 Å². The van der Waals surface area contributed by atoms with Crippen molar-refractivity contribution < 1.29 is 17.9 Å². The number of nitrogens with two attached hydrogens (primary N) is 1. The van der Waals surface area contributed by atoms with Crippen molar-refractivity contribution in [1.29, 1.82) is 0 Å². The zero-order valence-electron chi connectivity index (χ0n) is 27.7. The lowest BCUT2D eigenvalue weighted by Crippen LogP contribution is -2.52. The lowest BCUT2D eigenvalue weighted by molar-refractivity contribution is 0.0463. The van der Waals surface area contributed by atoms with Gasteiger partial charge in [0.2, 0.25) is 15.9 Å². The molecular weight excluding hydrogens is 576 g/mol. The molecule has 2 aliphatic heterocycles. The molecular formula is C33H54N6O4S. The van der Waals surface area contributed by atoms with Crippen LogP contribution >= 0.6 is 0 Å². The summed E-state index contributed by atoms with van der Waals surface area (Å²) in [5.41, 5.74) is 8.24. The van der Waals surface area contributed by atoms with Gasteiger partial charge in [-0.15, -0.1) is 0 Å². The molecule has 2 aliphatic rings. The molecule has 2 aromatic rings. The molecule has 1 aromatic carbocycles. The van der Waals surface area contributed by atoms with Crippen LogP contribution in [0.25, 0.3) is 0 Å². The van der Waals surface area contributed by atoms with Crippen molar-refractivity contribution in [2.45, 2.75) is 101 Å². The Bertz CT molecular complexity index is 1310. The maximum absolute atomic E-state index is 13.9. The minimum absolute atomic E-state index is 0.221. The number of sulfonamides is 1. The molecule has 2 atom stereocenters. The van der Waals surface area contributed by atoms with Crippen LogP contribution in [0.1, 0.15) is 87.7 Å². The summed E-state index contributed by atoms with van der Waals surface area (Å²) in [6.45, 7) is 9.65. The summed E-state index contributed by atoms with van der Waals surface area (Å²) < 4.78 is 40.9. The standard InChI is InChI=1S/C33H54N6O4S/c1-7-8-14-33(37(4)5)15-20-38(21-16-33)19-13-29(34)32-35-17-12-30(36-32)43-24-27-11-9-10-18-39(27)44(40,41)31-25(2)22-28(42-6)23-26(31)3/h12,17,22-23,27,29H,7-11,13-16,18-21,24,34H2,1-6H3. The summed E-state index contributed by atoms with van der Waals surface area (Å²) >= 11 is 0. The Balaban J connectivity index is 1.35. The Kier molecular flexibility index (Phi) is 12.0. The molecule has 2 N–H and O–H groups in total. The van der Waals surface area contributed by atoms with Gasteiger partial charge in [0.15, 0.2) is 0 Å². The summed E-state index contributed by atoms with van der Waals surface area (Å²) in [6, 6.07) is 4.68. The number of benzene rings is 1. The molecule has 4 rings (SSSR count). The minimum Gasteiger partial charge on any atom is -0.497 e. The van der Waals surface area contributed by atoms with Crippen LogP contribution in [0.3, 0.4) is 0 Å². The summed E-state index contributed by atoms with van der Waals surface area (Å²) in [5.74, 6) is 1.64. The minimum atomic E-state index is -3.72. The van der Waals surface area contributed by atoms with E-state index in [0.717, 1.165) is 45.3 Å². The Labute approximate surface area is 265 Å². The molecule has 0 aliphatic carbocycles. The average molecular weight is 631 g/mol. The van der Waals surface area contributed by atoms with E-state index in [0.29, 0.717) is 45.6 Å². The Morgan fingerprint density at radius 2 is 1.84 bits per heavy atom. The van der Waals surface area contributed by atoms with Crippen molar-refractivity contribution in [3.05, 3.63) is 41.3 Å². The largest absolute Gasteiger partial charge is 0.497 e. The van der Waals surface area contributed by atoms with Crippen molar-refractivity contribution in [2.75, 3.05) is 54.0 Å². The van der Waals surface area contributed by atoms with E-state index in [2.05, 4.69) is 40.8 Å². The van der Waals surface area contributed by atoms with Crippen LogP contribution in [0.4, 0.5) is 0 Å². The number of hydrogen-bond donors (Lipinski definition) is 1. The Hall–Kier alpha value is -2.31. The van der Waals surface area contributed by atoms with Crippen molar-refractivity contribution in [2.24, 2.45) is 5.73 Å². The normalized spacial score (nSPS) is 20.5. The Morgan fingerprint density at radius 3 is 2.48 bits per heavy atom. The van der Waals surface area contributed by atoms with E-state index >= 15 is 0 Å². The van der Waals surface area contributed by atoms with E-state index in [9.17, 15) is 8.42 Å². The van der Waals surface area contributed by atoms with E-state index in [1.165, 1.54) is 32.1 Å². The van der Waals surface area contributed by atoms with E-state index < -0.39 is 10.0 Å². The topological polar surface area (TPSA) is 114 Å². The number of likely N-dealkylation sites (tertiary alicyclic amines) is 1. The average Bonchev–Trinajstić information content (AvgIpc) is 3.01. The zero-order chi connectivity index (χ0) is 31.9. The lowest BCUT2D eigenvalue weighted by atomic mass is 9.81. The number of nitrogens with zero attached hydrogens (tertiary/aromatic N) is 5. The van der Waals surface area contributed by atoms with Gasteiger partial charge in [0.05, 0.1) is 24.1 Å². The van der Waals surface area contributed by atoms with Crippen molar-refractivity contribution in [3.8, 4) is 11.6 Å². The fourth-order valence-electron chi connectivity index (χ4n) is 6.88. The van der Waals surface area contributed by atoms with Crippen LogP contribution in [-0.4, -0.2) is 98.1 Å². The second kappa shape index (κ2) is 15.3. The third-order valence-electron chi connectivity index (χ3n) is 9.70. The predicted octanol–water partition coefficient (Wildman–Crippen LogP) is 4.70. The van der Waals surface area contributed by atoms with Crippen LogP contribution in [0, 0.1) is 13.8 Å². The highest BCUT2D eigenvalue weighted by atomic mass is 32.2. The molecule has 0 amide bonds. The highest BCUT2D eigenvalue weighted by molar-refractivity contribution is 7.89. The van der Waals surface area contributed by atoms with E-state index in [1.807, 2.05) is 13.8 Å². The van der Waals surface area contributed by atoms with Crippen LogP contribution in [0.5, 0.6) is 11.6 Å². The zero-order valence-corrected chi connectivity index (χ0v) is 28.5. The van der Waals surface area contributed by atoms with Crippen LogP contribution in [-0.2, 0) is 10.0 Å². The van der Waals surface area contributed by atoms with Gasteiger partial charge in [0, 0.05) is 30.9 Å². The van der Waals surface area contributed by atoms with E-state index in [1.54, 1.807) is 35.8 Å². The summed E-state index contributed by atoms with van der Waals surface area (Å²) in [6.07, 6.45) is 11.1. The first kappa shape index (κ1) is 34.6. The van der Waals surface area contributed by atoms with Crippen molar-refractivity contribution in [3.63, 3.8) is 0 Å². The van der Waals surface area contributed by atoms with Gasteiger partial charge in [0.25, 0.3) is 0 Å². The number of hydrogen-bond acceptors (Lipinski definition) is 9. The first-order chi connectivity index (χ1) is 21.0. The molecule has 2 unspecified atom stereocenters. The molecule has 11 heteroatoms. The fraction of sp³-hybridized carbons (Fsp3) is 0.697.